The highest BCUT2D eigenvalue weighted by Crippen LogP contribution is 2.20. The number of nitrogens with one attached hydrogen (secondary N) is 1. The van der Waals surface area contributed by atoms with Crippen LogP contribution in [0.15, 0.2) is 6.07 Å². The molecule has 1 fully saturated rings. The number of carbonyl (C=O) groups is 1. The Labute approximate surface area is 73.9 Å². The third-order valence-corrected chi connectivity index (χ3v) is 2.29. The zero-order chi connectivity index (χ0) is 8.55. The summed E-state index contributed by atoms with van der Waals surface area (Å²) in [5, 5.41) is 3.41. The van der Waals surface area contributed by atoms with Gasteiger partial charge in [0.05, 0.1) is 0 Å². The first-order chi connectivity index (χ1) is 5.75. The highest BCUT2D eigenvalue weighted by molar-refractivity contribution is 7.10. The summed E-state index contributed by atoms with van der Waals surface area (Å²) in [7, 11) is 0. The lowest BCUT2D eigenvalue weighted by atomic mass is 10.4. The van der Waals surface area contributed by atoms with E-state index in [1.165, 1.54) is 0 Å². The Kier molecular flexibility index (Phi) is 1.73. The van der Waals surface area contributed by atoms with E-state index in [0.29, 0.717) is 16.7 Å². The molecule has 4 nitrogen and oxygen atoms in total. The van der Waals surface area contributed by atoms with Gasteiger partial charge in [-0.1, -0.05) is 0 Å². The van der Waals surface area contributed by atoms with Crippen molar-refractivity contribution in [2.45, 2.75) is 18.9 Å². The Hall–Kier alpha value is -1.10. The largest absolute Gasteiger partial charge is 0.389 e. The van der Waals surface area contributed by atoms with Crippen molar-refractivity contribution in [1.82, 2.24) is 9.69 Å². The third kappa shape index (κ3) is 1.55. The first kappa shape index (κ1) is 7.54. The summed E-state index contributed by atoms with van der Waals surface area (Å²) < 4.78 is 3.90. The third-order valence-electron chi connectivity index (χ3n) is 1.67. The van der Waals surface area contributed by atoms with E-state index in [0.717, 1.165) is 24.4 Å². The van der Waals surface area contributed by atoms with Crippen molar-refractivity contribution in [1.29, 1.82) is 0 Å². The minimum Gasteiger partial charge on any atom is -0.389 e. The summed E-state index contributed by atoms with van der Waals surface area (Å²) in [6.45, 7) is 0. The number of nitrogens with zero attached hydrogens (tertiary/aromatic N) is 1. The highest BCUT2D eigenvalue weighted by Gasteiger charge is 2.24. The molecular formula is C7H9N3OS. The topological polar surface area (TPSA) is 68.0 Å². The molecule has 0 radical (unpaired) electrons. The summed E-state index contributed by atoms with van der Waals surface area (Å²) in [5.41, 5.74) is 5.87. The van der Waals surface area contributed by atoms with Gasteiger partial charge in [0.2, 0.25) is 0 Å². The lowest BCUT2D eigenvalue weighted by Gasteiger charge is -1.97. The molecule has 0 unspecified atom stereocenters. The highest BCUT2D eigenvalue weighted by atomic mass is 32.1. The fourth-order valence-corrected chi connectivity index (χ4v) is 1.39. The van der Waals surface area contributed by atoms with Crippen molar-refractivity contribution in [3.8, 4) is 0 Å². The molecule has 12 heavy (non-hydrogen) atoms. The number of hydrogen-bond donors (Lipinski definition) is 2. The predicted molar refractivity (Wildman–Crippen MR) is 47.0 cm³/mol. The zero-order valence-corrected chi connectivity index (χ0v) is 7.23. The Morgan fingerprint density at radius 3 is 3.00 bits per heavy atom. The van der Waals surface area contributed by atoms with Crippen molar-refractivity contribution in [3.63, 3.8) is 0 Å². The molecule has 1 aliphatic carbocycles. The second kappa shape index (κ2) is 2.75. The SMILES string of the molecule is Nc1cc(C(=O)NC2CC2)ns1. The van der Waals surface area contributed by atoms with Crippen LogP contribution in [0.4, 0.5) is 5.00 Å². The van der Waals surface area contributed by atoms with E-state index in [1.807, 2.05) is 0 Å². The first-order valence-electron chi connectivity index (χ1n) is 3.79. The number of aromatic nitrogens is 1. The van der Waals surface area contributed by atoms with Crippen LogP contribution in [0.25, 0.3) is 0 Å². The number of anilines is 1. The molecule has 3 N–H and O–H groups in total. The van der Waals surface area contributed by atoms with Crippen LogP contribution >= 0.6 is 11.5 Å². The van der Waals surface area contributed by atoms with Gasteiger partial charge >= 0.3 is 0 Å². The Morgan fingerprint density at radius 2 is 2.50 bits per heavy atom. The number of amides is 1. The molecule has 0 atom stereocenters. The maximum Gasteiger partial charge on any atom is 0.271 e. The molecule has 1 heterocycles. The Morgan fingerprint density at radius 1 is 1.75 bits per heavy atom. The van der Waals surface area contributed by atoms with Crippen LogP contribution in [0.2, 0.25) is 0 Å². The van der Waals surface area contributed by atoms with Gasteiger partial charge in [0, 0.05) is 12.1 Å². The van der Waals surface area contributed by atoms with Crippen molar-refractivity contribution >= 4 is 22.4 Å². The van der Waals surface area contributed by atoms with Gasteiger partial charge < -0.3 is 11.1 Å². The summed E-state index contributed by atoms with van der Waals surface area (Å²) in [6, 6.07) is 1.97. The van der Waals surface area contributed by atoms with Gasteiger partial charge in [-0.2, -0.15) is 4.37 Å². The molecule has 64 valence electrons. The minimum absolute atomic E-state index is 0.106. The molecule has 0 saturated heterocycles. The molecular weight excluding hydrogens is 174 g/mol. The standard InChI is InChI=1S/C7H9N3OS/c8-6-3-5(10-12-6)7(11)9-4-1-2-4/h3-4H,1-2,8H2,(H,9,11). The van der Waals surface area contributed by atoms with Gasteiger partial charge in [-0.15, -0.1) is 0 Å². The van der Waals surface area contributed by atoms with E-state index < -0.39 is 0 Å². The molecule has 0 aromatic carbocycles. The van der Waals surface area contributed by atoms with Gasteiger partial charge in [0.1, 0.15) is 10.7 Å². The first-order valence-corrected chi connectivity index (χ1v) is 4.56. The van der Waals surface area contributed by atoms with E-state index in [2.05, 4.69) is 9.69 Å². The maximum absolute atomic E-state index is 11.3. The summed E-state index contributed by atoms with van der Waals surface area (Å²) in [4.78, 5) is 11.3. The maximum atomic E-state index is 11.3. The minimum atomic E-state index is -0.106. The van der Waals surface area contributed by atoms with Crippen LogP contribution < -0.4 is 11.1 Å². The molecule has 1 aromatic rings. The average molecular weight is 183 g/mol. The lowest BCUT2D eigenvalue weighted by molar-refractivity contribution is 0.0947. The monoisotopic (exact) mass is 183 g/mol. The fraction of sp³-hybridized carbons (Fsp3) is 0.429. The normalized spacial score (nSPS) is 16.0. The molecule has 1 aromatic heterocycles. The van der Waals surface area contributed by atoms with Crippen molar-refractivity contribution in [3.05, 3.63) is 11.8 Å². The quantitative estimate of drug-likeness (QED) is 0.706. The molecule has 0 aliphatic heterocycles. The molecule has 2 rings (SSSR count). The van der Waals surface area contributed by atoms with E-state index in [-0.39, 0.29) is 5.91 Å². The average Bonchev–Trinajstić information content (AvgIpc) is 2.72. The van der Waals surface area contributed by atoms with Gasteiger partial charge in [0.15, 0.2) is 0 Å². The second-order valence-electron chi connectivity index (χ2n) is 2.86. The van der Waals surface area contributed by atoms with E-state index >= 15 is 0 Å². The number of nitrogens with two attached hydrogens (primary N) is 1. The van der Waals surface area contributed by atoms with Crippen LogP contribution in [-0.2, 0) is 0 Å². The van der Waals surface area contributed by atoms with Crippen LogP contribution in [0.1, 0.15) is 23.3 Å². The van der Waals surface area contributed by atoms with Crippen LogP contribution in [0.3, 0.4) is 0 Å². The Balaban J connectivity index is 2.03. The Bertz CT molecular complexity index is 305. The van der Waals surface area contributed by atoms with Crippen molar-refractivity contribution in [2.75, 3.05) is 5.73 Å². The van der Waals surface area contributed by atoms with Crippen LogP contribution in [0.5, 0.6) is 0 Å². The number of hydrogen-bond acceptors (Lipinski definition) is 4. The summed E-state index contributed by atoms with van der Waals surface area (Å²) in [5.74, 6) is -0.106. The van der Waals surface area contributed by atoms with Gasteiger partial charge in [-0.3, -0.25) is 4.79 Å². The van der Waals surface area contributed by atoms with Crippen LogP contribution in [0, 0.1) is 0 Å². The number of carbonyl (C=O) groups excluding carboxylic acids is 1. The molecule has 5 heteroatoms. The molecule has 1 aliphatic rings. The van der Waals surface area contributed by atoms with Gasteiger partial charge in [-0.25, -0.2) is 0 Å². The van der Waals surface area contributed by atoms with E-state index in [9.17, 15) is 4.79 Å². The molecule has 1 saturated carbocycles. The van der Waals surface area contributed by atoms with E-state index in [4.69, 9.17) is 5.73 Å². The zero-order valence-electron chi connectivity index (χ0n) is 6.41. The van der Waals surface area contributed by atoms with Gasteiger partial charge in [0.25, 0.3) is 5.91 Å². The number of nitrogen functional groups attached to an aromatic ring is 1. The van der Waals surface area contributed by atoms with Crippen molar-refractivity contribution in [2.24, 2.45) is 0 Å². The van der Waals surface area contributed by atoms with Gasteiger partial charge in [-0.05, 0) is 24.4 Å². The van der Waals surface area contributed by atoms with Crippen molar-refractivity contribution < 1.29 is 4.79 Å². The van der Waals surface area contributed by atoms with E-state index in [1.54, 1.807) is 6.07 Å². The summed E-state index contributed by atoms with van der Waals surface area (Å²) in [6.07, 6.45) is 2.18. The molecule has 0 spiro atoms. The molecule has 1 amide bonds. The second-order valence-corrected chi connectivity index (χ2v) is 3.70. The predicted octanol–water partition coefficient (Wildman–Crippen LogP) is 0.618. The lowest BCUT2D eigenvalue weighted by Crippen LogP contribution is -2.25. The summed E-state index contributed by atoms with van der Waals surface area (Å²) >= 11 is 1.15. The smallest absolute Gasteiger partial charge is 0.271 e. The molecule has 0 bridgehead atoms. The van der Waals surface area contributed by atoms with Crippen LogP contribution in [-0.4, -0.2) is 16.3 Å². The fourth-order valence-electron chi connectivity index (χ4n) is 0.883. The number of rotatable bonds is 2.